The lowest BCUT2D eigenvalue weighted by atomic mass is 9.85. The van der Waals surface area contributed by atoms with E-state index in [-0.39, 0.29) is 18.1 Å². The van der Waals surface area contributed by atoms with Crippen molar-refractivity contribution in [1.29, 1.82) is 0 Å². The number of ketones is 1. The third-order valence-electron chi connectivity index (χ3n) is 3.54. The van der Waals surface area contributed by atoms with Crippen LogP contribution in [0.4, 0.5) is 0 Å². The summed E-state index contributed by atoms with van der Waals surface area (Å²) in [6.45, 7) is 6.18. The first-order chi connectivity index (χ1) is 7.59. The van der Waals surface area contributed by atoms with Gasteiger partial charge in [0.2, 0.25) is 0 Å². The average molecular weight is 238 g/mol. The smallest absolute Gasteiger partial charge is 0.144 e. The molecule has 2 heterocycles. The molecule has 0 aliphatic carbocycles. The third-order valence-corrected chi connectivity index (χ3v) is 4.42. The van der Waals surface area contributed by atoms with Crippen molar-refractivity contribution >= 4 is 17.1 Å². The zero-order valence-electron chi connectivity index (χ0n) is 9.97. The highest BCUT2D eigenvalue weighted by molar-refractivity contribution is 7.10. The summed E-state index contributed by atoms with van der Waals surface area (Å²) >= 11 is 1.65. The maximum Gasteiger partial charge on any atom is 0.144 e. The largest absolute Gasteiger partial charge is 0.375 e. The van der Waals surface area contributed by atoms with E-state index in [1.165, 1.54) is 0 Å². The van der Waals surface area contributed by atoms with Gasteiger partial charge in [0.1, 0.15) is 5.78 Å². The van der Waals surface area contributed by atoms with E-state index >= 15 is 0 Å². The van der Waals surface area contributed by atoms with Crippen LogP contribution in [0.25, 0.3) is 0 Å². The van der Waals surface area contributed by atoms with Crippen LogP contribution in [0.3, 0.4) is 0 Å². The highest BCUT2D eigenvalue weighted by Crippen LogP contribution is 2.33. The molecule has 4 unspecified atom stereocenters. The van der Waals surface area contributed by atoms with Crippen molar-refractivity contribution in [3.05, 3.63) is 22.4 Å². The number of thiophene rings is 1. The van der Waals surface area contributed by atoms with E-state index < -0.39 is 0 Å². The zero-order chi connectivity index (χ0) is 11.7. The van der Waals surface area contributed by atoms with Crippen LogP contribution >= 0.6 is 11.3 Å². The molecule has 1 fully saturated rings. The van der Waals surface area contributed by atoms with Gasteiger partial charge in [-0.1, -0.05) is 13.0 Å². The third kappa shape index (κ3) is 2.20. The molecule has 1 aromatic rings. The molecule has 0 saturated carbocycles. The monoisotopic (exact) mass is 238 g/mol. The van der Waals surface area contributed by atoms with Crippen LogP contribution in [-0.4, -0.2) is 18.0 Å². The molecule has 2 rings (SSSR count). The van der Waals surface area contributed by atoms with E-state index in [0.717, 1.165) is 4.88 Å². The lowest BCUT2D eigenvalue weighted by molar-refractivity contribution is -0.124. The van der Waals surface area contributed by atoms with E-state index in [2.05, 4.69) is 13.8 Å². The quantitative estimate of drug-likeness (QED) is 0.809. The standard InChI is InChI=1S/C13H18O2S/c1-8-9(2)15-10(3)13(8)12(14)7-11-5-4-6-16-11/h4-6,8-10,13H,7H2,1-3H3. The molecule has 16 heavy (non-hydrogen) atoms. The fraction of sp³-hybridized carbons (Fsp3) is 0.615. The number of Topliss-reactive ketones (excluding diaryl/α,β-unsaturated/α-hetero) is 1. The Morgan fingerprint density at radius 1 is 1.38 bits per heavy atom. The number of carbonyl (C=O) groups is 1. The molecule has 4 atom stereocenters. The molecule has 3 heteroatoms. The molecular formula is C13H18O2S. The molecule has 1 aromatic heterocycles. The first kappa shape index (κ1) is 11.8. The second-order valence-corrected chi connectivity index (χ2v) is 5.69. The lowest BCUT2D eigenvalue weighted by Gasteiger charge is -2.16. The predicted octanol–water partition coefficient (Wildman–Crippen LogP) is 2.92. The zero-order valence-corrected chi connectivity index (χ0v) is 10.8. The van der Waals surface area contributed by atoms with Gasteiger partial charge in [0.05, 0.1) is 12.2 Å². The summed E-state index contributed by atoms with van der Waals surface area (Å²) in [7, 11) is 0. The molecule has 0 bridgehead atoms. The van der Waals surface area contributed by atoms with Crippen LogP contribution in [0.5, 0.6) is 0 Å². The van der Waals surface area contributed by atoms with Crippen molar-refractivity contribution in [2.45, 2.75) is 39.4 Å². The van der Waals surface area contributed by atoms with Gasteiger partial charge in [-0.25, -0.2) is 0 Å². The van der Waals surface area contributed by atoms with Gasteiger partial charge in [0.15, 0.2) is 0 Å². The highest BCUT2D eigenvalue weighted by atomic mass is 32.1. The van der Waals surface area contributed by atoms with Crippen molar-refractivity contribution in [2.75, 3.05) is 0 Å². The first-order valence-corrected chi connectivity index (χ1v) is 6.68. The molecule has 1 aliphatic heterocycles. The number of hydrogen-bond donors (Lipinski definition) is 0. The van der Waals surface area contributed by atoms with Gasteiger partial charge in [0, 0.05) is 17.2 Å². The first-order valence-electron chi connectivity index (χ1n) is 5.80. The molecular weight excluding hydrogens is 220 g/mol. The van der Waals surface area contributed by atoms with Gasteiger partial charge in [-0.2, -0.15) is 0 Å². The molecule has 1 aliphatic rings. The van der Waals surface area contributed by atoms with E-state index in [1.54, 1.807) is 11.3 Å². The van der Waals surface area contributed by atoms with Crippen molar-refractivity contribution < 1.29 is 9.53 Å². The van der Waals surface area contributed by atoms with E-state index in [4.69, 9.17) is 4.74 Å². The van der Waals surface area contributed by atoms with Gasteiger partial charge in [-0.15, -0.1) is 11.3 Å². The normalized spacial score (nSPS) is 34.2. The van der Waals surface area contributed by atoms with Crippen LogP contribution in [0, 0.1) is 11.8 Å². The predicted molar refractivity (Wildman–Crippen MR) is 65.7 cm³/mol. The molecule has 0 N–H and O–H groups in total. The maximum atomic E-state index is 12.2. The van der Waals surface area contributed by atoms with Crippen LogP contribution in [0.15, 0.2) is 17.5 Å². The number of hydrogen-bond acceptors (Lipinski definition) is 3. The van der Waals surface area contributed by atoms with Crippen LogP contribution in [0.2, 0.25) is 0 Å². The second kappa shape index (κ2) is 4.68. The van der Waals surface area contributed by atoms with Crippen LogP contribution < -0.4 is 0 Å². The minimum Gasteiger partial charge on any atom is -0.375 e. The summed E-state index contributed by atoms with van der Waals surface area (Å²) in [4.78, 5) is 13.4. The van der Waals surface area contributed by atoms with Gasteiger partial charge >= 0.3 is 0 Å². The SMILES string of the molecule is CC1OC(C)C(C(=O)Cc2cccs2)C1C. The van der Waals surface area contributed by atoms with E-state index in [9.17, 15) is 4.79 Å². The summed E-state index contributed by atoms with van der Waals surface area (Å²) in [5.74, 6) is 0.728. The van der Waals surface area contributed by atoms with Crippen molar-refractivity contribution in [3.63, 3.8) is 0 Å². The Morgan fingerprint density at radius 2 is 2.12 bits per heavy atom. The Morgan fingerprint density at radius 3 is 2.62 bits per heavy atom. The Kier molecular flexibility index (Phi) is 3.45. The number of carbonyl (C=O) groups excluding carboxylic acids is 1. The molecule has 0 amide bonds. The van der Waals surface area contributed by atoms with Gasteiger partial charge in [-0.3, -0.25) is 4.79 Å². The number of ether oxygens (including phenoxy) is 1. The molecule has 1 saturated heterocycles. The Labute approximate surface area is 101 Å². The van der Waals surface area contributed by atoms with E-state index in [0.29, 0.717) is 18.1 Å². The van der Waals surface area contributed by atoms with Crippen molar-refractivity contribution in [1.82, 2.24) is 0 Å². The Hall–Kier alpha value is -0.670. The van der Waals surface area contributed by atoms with Crippen molar-refractivity contribution in [3.8, 4) is 0 Å². The Balaban J connectivity index is 2.04. The average Bonchev–Trinajstić information content (AvgIpc) is 2.77. The minimum atomic E-state index is 0.0668. The Bertz CT molecular complexity index is 358. The second-order valence-electron chi connectivity index (χ2n) is 4.65. The van der Waals surface area contributed by atoms with Crippen LogP contribution in [-0.2, 0) is 16.0 Å². The summed E-state index contributed by atoms with van der Waals surface area (Å²) in [5, 5.41) is 2.02. The van der Waals surface area contributed by atoms with Gasteiger partial charge in [0.25, 0.3) is 0 Å². The summed E-state index contributed by atoms with van der Waals surface area (Å²) in [6.07, 6.45) is 0.831. The van der Waals surface area contributed by atoms with Crippen molar-refractivity contribution in [2.24, 2.45) is 11.8 Å². The van der Waals surface area contributed by atoms with Gasteiger partial charge < -0.3 is 4.74 Å². The van der Waals surface area contributed by atoms with E-state index in [1.807, 2.05) is 24.4 Å². The maximum absolute atomic E-state index is 12.2. The topological polar surface area (TPSA) is 26.3 Å². The molecule has 0 spiro atoms. The molecule has 2 nitrogen and oxygen atoms in total. The number of rotatable bonds is 3. The molecule has 0 aromatic carbocycles. The fourth-order valence-electron chi connectivity index (χ4n) is 2.52. The lowest BCUT2D eigenvalue weighted by Crippen LogP contribution is -2.27. The molecule has 0 radical (unpaired) electrons. The minimum absolute atomic E-state index is 0.0668. The fourth-order valence-corrected chi connectivity index (χ4v) is 3.24. The summed E-state index contributed by atoms with van der Waals surface area (Å²) in [5.41, 5.74) is 0. The summed E-state index contributed by atoms with van der Waals surface area (Å²) in [6, 6.07) is 4.02. The highest BCUT2D eigenvalue weighted by Gasteiger charge is 2.40. The molecule has 88 valence electrons. The summed E-state index contributed by atoms with van der Waals surface area (Å²) < 4.78 is 5.71. The van der Waals surface area contributed by atoms with Gasteiger partial charge in [-0.05, 0) is 31.2 Å². The van der Waals surface area contributed by atoms with Crippen LogP contribution in [0.1, 0.15) is 25.6 Å².